The van der Waals surface area contributed by atoms with Gasteiger partial charge in [-0.15, -0.1) is 0 Å². The maximum Gasteiger partial charge on any atom is 0.229 e. The zero-order valence-electron chi connectivity index (χ0n) is 17.7. The summed E-state index contributed by atoms with van der Waals surface area (Å²) in [6.07, 6.45) is -4.93. The number of aliphatic hydroxyl groups is 4. The largest absolute Gasteiger partial charge is 0.461 e. The Labute approximate surface area is 180 Å². The van der Waals surface area contributed by atoms with Crippen LogP contribution in [-0.4, -0.2) is 62.7 Å². The molecule has 3 aromatic rings. The molecule has 1 aliphatic rings. The molecule has 0 radical (unpaired) electrons. The van der Waals surface area contributed by atoms with Crippen molar-refractivity contribution < 1.29 is 29.9 Å². The van der Waals surface area contributed by atoms with Crippen LogP contribution in [0.15, 0.2) is 42.5 Å². The molecular formula is C24H29NO6. The van der Waals surface area contributed by atoms with E-state index in [9.17, 15) is 20.4 Å². The highest BCUT2D eigenvalue weighted by molar-refractivity contribution is 5.90. The second-order valence-corrected chi connectivity index (χ2v) is 8.07. The quantitative estimate of drug-likeness (QED) is 0.410. The van der Waals surface area contributed by atoms with Gasteiger partial charge in [-0.05, 0) is 48.6 Å². The Balaban J connectivity index is 1.67. The van der Waals surface area contributed by atoms with E-state index in [-0.39, 0.29) is 0 Å². The van der Waals surface area contributed by atoms with Gasteiger partial charge < -0.3 is 34.9 Å². The van der Waals surface area contributed by atoms with Crippen molar-refractivity contribution in [2.75, 3.05) is 6.61 Å². The van der Waals surface area contributed by atoms with Gasteiger partial charge in [0.2, 0.25) is 6.29 Å². The summed E-state index contributed by atoms with van der Waals surface area (Å²) in [7, 11) is 0. The fourth-order valence-electron chi connectivity index (χ4n) is 4.12. The lowest BCUT2D eigenvalue weighted by molar-refractivity contribution is -0.277. The first-order valence-corrected chi connectivity index (χ1v) is 10.6. The van der Waals surface area contributed by atoms with Crippen LogP contribution >= 0.6 is 0 Å². The van der Waals surface area contributed by atoms with Crippen LogP contribution in [0.1, 0.15) is 29.3 Å². The molecule has 0 saturated carbocycles. The number of aromatic nitrogens is 1. The number of aliphatic hydroxyl groups excluding tert-OH is 4. The molecule has 7 heteroatoms. The van der Waals surface area contributed by atoms with E-state index in [1.807, 2.05) is 19.1 Å². The average molecular weight is 427 g/mol. The molecule has 0 spiro atoms. The third kappa shape index (κ3) is 4.20. The predicted octanol–water partition coefficient (Wildman–Crippen LogP) is 1.81. The van der Waals surface area contributed by atoms with Gasteiger partial charge in [-0.3, -0.25) is 0 Å². The molecule has 31 heavy (non-hydrogen) atoms. The van der Waals surface area contributed by atoms with Crippen LogP contribution in [0, 0.1) is 6.92 Å². The molecule has 5 N–H and O–H groups in total. The van der Waals surface area contributed by atoms with Crippen molar-refractivity contribution in [2.45, 2.75) is 57.4 Å². The molecule has 0 aliphatic carbocycles. The summed E-state index contributed by atoms with van der Waals surface area (Å²) in [5, 5.41) is 40.8. The van der Waals surface area contributed by atoms with Gasteiger partial charge in [-0.2, -0.15) is 0 Å². The lowest BCUT2D eigenvalue weighted by atomic mass is 9.99. The Morgan fingerprint density at radius 1 is 0.968 bits per heavy atom. The van der Waals surface area contributed by atoms with Gasteiger partial charge in [0.1, 0.15) is 30.2 Å². The Hall–Kier alpha value is -2.42. The second kappa shape index (κ2) is 8.98. The number of nitrogens with one attached hydrogen (secondary N) is 1. The topological polar surface area (TPSA) is 115 Å². The van der Waals surface area contributed by atoms with Gasteiger partial charge >= 0.3 is 0 Å². The summed E-state index contributed by atoms with van der Waals surface area (Å²) in [6, 6.07) is 14.1. The van der Waals surface area contributed by atoms with Crippen molar-refractivity contribution in [1.29, 1.82) is 0 Å². The summed E-state index contributed by atoms with van der Waals surface area (Å²) in [4.78, 5) is 3.38. The molecule has 1 saturated heterocycles. The Kier molecular flexibility index (Phi) is 6.31. The van der Waals surface area contributed by atoms with E-state index in [1.54, 1.807) is 6.07 Å². The summed E-state index contributed by atoms with van der Waals surface area (Å²) in [5.41, 5.74) is 5.42. The molecular weight excluding hydrogens is 398 g/mol. The predicted molar refractivity (Wildman–Crippen MR) is 116 cm³/mol. The second-order valence-electron chi connectivity index (χ2n) is 8.07. The monoisotopic (exact) mass is 427 g/mol. The third-order valence-corrected chi connectivity index (χ3v) is 6.01. The molecule has 5 atom stereocenters. The molecule has 0 amide bonds. The summed E-state index contributed by atoms with van der Waals surface area (Å²) < 4.78 is 11.5. The van der Waals surface area contributed by atoms with E-state index in [0.29, 0.717) is 12.2 Å². The maximum atomic E-state index is 10.4. The first-order valence-electron chi connectivity index (χ1n) is 10.6. The van der Waals surface area contributed by atoms with Crippen molar-refractivity contribution in [3.8, 4) is 5.75 Å². The van der Waals surface area contributed by atoms with E-state index < -0.39 is 37.3 Å². The minimum Gasteiger partial charge on any atom is -0.461 e. The number of hydrogen-bond acceptors (Lipinski definition) is 6. The SMILES string of the molecule is CCc1ccc(Cc2c(C)[nH]c3cccc(O[C@@H]4OC(CO)[C@@H](O)[C@H](O)[C@H]4O)c23)cc1. The number of ether oxygens (including phenoxy) is 2. The van der Waals surface area contributed by atoms with Gasteiger partial charge in [0.05, 0.1) is 6.61 Å². The van der Waals surface area contributed by atoms with E-state index in [2.05, 4.69) is 36.2 Å². The molecule has 1 fully saturated rings. The van der Waals surface area contributed by atoms with Crippen molar-refractivity contribution in [3.05, 3.63) is 64.8 Å². The van der Waals surface area contributed by atoms with E-state index in [0.717, 1.165) is 28.6 Å². The summed E-state index contributed by atoms with van der Waals surface area (Å²) in [5.74, 6) is 0.492. The van der Waals surface area contributed by atoms with Gasteiger partial charge in [-0.1, -0.05) is 37.3 Å². The van der Waals surface area contributed by atoms with Crippen molar-refractivity contribution in [3.63, 3.8) is 0 Å². The highest BCUT2D eigenvalue weighted by Gasteiger charge is 2.44. The number of rotatable bonds is 6. The van der Waals surface area contributed by atoms with E-state index in [4.69, 9.17) is 9.47 Å². The normalized spacial score (nSPS) is 26.3. The highest BCUT2D eigenvalue weighted by Crippen LogP contribution is 2.35. The molecule has 1 unspecified atom stereocenters. The van der Waals surface area contributed by atoms with Gasteiger partial charge in [0.15, 0.2) is 0 Å². The standard InChI is InChI=1S/C24H29NO6/c1-3-14-7-9-15(10-8-14)11-16-13(2)25-17-5-4-6-18(20(16)17)30-24-23(29)22(28)21(27)19(12-26)31-24/h4-10,19,21-29H,3,11-12H2,1-2H3/t19?,21-,22+,23-,24-/m1/s1. The van der Waals surface area contributed by atoms with E-state index >= 15 is 0 Å². The van der Waals surface area contributed by atoms with Crippen LogP contribution in [0.2, 0.25) is 0 Å². The number of H-pyrrole nitrogens is 1. The first-order chi connectivity index (χ1) is 14.9. The molecule has 1 aromatic heterocycles. The number of hydrogen-bond donors (Lipinski definition) is 5. The number of aromatic amines is 1. The van der Waals surface area contributed by atoms with Crippen LogP contribution < -0.4 is 4.74 Å². The fraction of sp³-hybridized carbons (Fsp3) is 0.417. The smallest absolute Gasteiger partial charge is 0.229 e. The maximum absolute atomic E-state index is 10.4. The Morgan fingerprint density at radius 2 is 1.68 bits per heavy atom. The first kappa shape index (κ1) is 21.8. The van der Waals surface area contributed by atoms with Gasteiger partial charge in [0, 0.05) is 16.6 Å². The van der Waals surface area contributed by atoms with Crippen LogP contribution in [-0.2, 0) is 17.6 Å². The van der Waals surface area contributed by atoms with Crippen LogP contribution in [0.25, 0.3) is 10.9 Å². The molecule has 4 rings (SSSR count). The molecule has 0 bridgehead atoms. The zero-order chi connectivity index (χ0) is 22.1. The number of fused-ring (bicyclic) bond motifs is 1. The van der Waals surface area contributed by atoms with Crippen molar-refractivity contribution in [2.24, 2.45) is 0 Å². The van der Waals surface area contributed by atoms with Gasteiger partial charge in [-0.25, -0.2) is 0 Å². The minimum atomic E-state index is -1.49. The highest BCUT2D eigenvalue weighted by atomic mass is 16.7. The fourth-order valence-corrected chi connectivity index (χ4v) is 4.12. The number of benzene rings is 2. The molecule has 2 aromatic carbocycles. The Morgan fingerprint density at radius 3 is 2.35 bits per heavy atom. The van der Waals surface area contributed by atoms with Crippen molar-refractivity contribution in [1.82, 2.24) is 4.98 Å². The molecule has 1 aliphatic heterocycles. The van der Waals surface area contributed by atoms with E-state index in [1.165, 1.54) is 11.1 Å². The third-order valence-electron chi connectivity index (χ3n) is 6.01. The lowest BCUT2D eigenvalue weighted by Gasteiger charge is -2.39. The lowest BCUT2D eigenvalue weighted by Crippen LogP contribution is -2.60. The zero-order valence-corrected chi connectivity index (χ0v) is 17.7. The molecule has 166 valence electrons. The minimum absolute atomic E-state index is 0.492. The Bertz CT molecular complexity index is 1030. The number of aryl methyl sites for hydroxylation is 2. The van der Waals surface area contributed by atoms with Gasteiger partial charge in [0.25, 0.3) is 0 Å². The molecule has 2 heterocycles. The average Bonchev–Trinajstić information content (AvgIpc) is 3.10. The van der Waals surface area contributed by atoms with Crippen molar-refractivity contribution >= 4 is 10.9 Å². The van der Waals surface area contributed by atoms with Crippen LogP contribution in [0.4, 0.5) is 0 Å². The van der Waals surface area contributed by atoms with Crippen LogP contribution in [0.5, 0.6) is 5.75 Å². The summed E-state index contributed by atoms with van der Waals surface area (Å²) >= 11 is 0. The summed E-state index contributed by atoms with van der Waals surface area (Å²) in [6.45, 7) is 3.63. The molecule has 7 nitrogen and oxygen atoms in total. The van der Waals surface area contributed by atoms with Crippen LogP contribution in [0.3, 0.4) is 0 Å².